The molecule has 0 aliphatic heterocycles. The molecule has 0 bridgehead atoms. The van der Waals surface area contributed by atoms with Gasteiger partial charge in [-0.2, -0.15) is 10.3 Å². The molecule has 1 aromatic rings. The van der Waals surface area contributed by atoms with Crippen LogP contribution in [0.4, 0.5) is 5.82 Å². The maximum absolute atomic E-state index is 9.98. The van der Waals surface area contributed by atoms with E-state index in [1.165, 1.54) is 6.20 Å². The lowest BCUT2D eigenvalue weighted by Crippen LogP contribution is -2.01. The number of aromatic amines is 1. The topological polar surface area (TPSA) is 90.9 Å². The standard InChI is InChI=1S/C2H4N4O2S/c7-9(8)5-2-1-3-6-4-2/h1H,(H,7,8)(H2,3,4,5,6). The van der Waals surface area contributed by atoms with Crippen LogP contribution >= 0.6 is 0 Å². The predicted octanol–water partition coefficient (Wildman–Crippen LogP) is -0.647. The second kappa shape index (κ2) is 2.55. The van der Waals surface area contributed by atoms with Crippen LogP contribution in [-0.2, 0) is 11.3 Å². The first-order chi connectivity index (χ1) is 4.29. The third-order valence-electron chi connectivity index (χ3n) is 0.607. The summed E-state index contributed by atoms with van der Waals surface area (Å²) in [4.78, 5) is 0. The maximum Gasteiger partial charge on any atom is 0.260 e. The van der Waals surface area contributed by atoms with Crippen molar-refractivity contribution in [3.05, 3.63) is 6.20 Å². The molecule has 0 saturated heterocycles. The highest BCUT2D eigenvalue weighted by Gasteiger charge is 1.94. The Bertz CT molecular complexity index is 196. The van der Waals surface area contributed by atoms with Gasteiger partial charge in [-0.1, -0.05) is 0 Å². The summed E-state index contributed by atoms with van der Waals surface area (Å²) in [5.74, 6) is 0.246. The molecule has 0 spiro atoms. The zero-order valence-corrected chi connectivity index (χ0v) is 5.05. The van der Waals surface area contributed by atoms with Gasteiger partial charge in [0.05, 0.1) is 6.20 Å². The highest BCUT2D eigenvalue weighted by molar-refractivity contribution is 7.80. The fraction of sp³-hybridized carbons (Fsp3) is 0. The average Bonchev–Trinajstić information content (AvgIpc) is 2.15. The monoisotopic (exact) mass is 148 g/mol. The summed E-state index contributed by atoms with van der Waals surface area (Å²) in [6.07, 6.45) is 1.30. The molecule has 1 aromatic heterocycles. The minimum absolute atomic E-state index is 0.246. The Hall–Kier alpha value is -0.950. The van der Waals surface area contributed by atoms with Crippen LogP contribution in [0.3, 0.4) is 0 Å². The first-order valence-electron chi connectivity index (χ1n) is 2.02. The van der Waals surface area contributed by atoms with Crippen LogP contribution in [-0.4, -0.2) is 24.2 Å². The maximum atomic E-state index is 9.98. The normalized spacial score (nSPS) is 13.0. The molecule has 1 heterocycles. The van der Waals surface area contributed by atoms with Gasteiger partial charge in [0.15, 0.2) is 5.82 Å². The second-order valence-corrected chi connectivity index (χ2v) is 1.91. The summed E-state index contributed by atoms with van der Waals surface area (Å²) in [6, 6.07) is 0. The van der Waals surface area contributed by atoms with Crippen LogP contribution in [0.1, 0.15) is 0 Å². The van der Waals surface area contributed by atoms with Crippen molar-refractivity contribution in [2.24, 2.45) is 0 Å². The van der Waals surface area contributed by atoms with Gasteiger partial charge in [0.25, 0.3) is 11.3 Å². The highest BCUT2D eigenvalue weighted by atomic mass is 32.2. The Morgan fingerprint density at radius 3 is 3.11 bits per heavy atom. The summed E-state index contributed by atoms with van der Waals surface area (Å²) in [5, 5.41) is 9.11. The van der Waals surface area contributed by atoms with E-state index < -0.39 is 11.3 Å². The largest absolute Gasteiger partial charge is 0.289 e. The summed E-state index contributed by atoms with van der Waals surface area (Å²) in [6.45, 7) is 0. The second-order valence-electron chi connectivity index (χ2n) is 1.21. The van der Waals surface area contributed by atoms with Crippen LogP contribution in [0.25, 0.3) is 0 Å². The van der Waals surface area contributed by atoms with Crippen LogP contribution in [0.2, 0.25) is 0 Å². The molecule has 0 fully saturated rings. The molecule has 0 aliphatic rings. The molecule has 6 nitrogen and oxygen atoms in total. The molecule has 0 radical (unpaired) electrons. The Morgan fingerprint density at radius 1 is 1.89 bits per heavy atom. The Balaban J connectivity index is 2.58. The van der Waals surface area contributed by atoms with Gasteiger partial charge in [0, 0.05) is 0 Å². The van der Waals surface area contributed by atoms with Crippen molar-refractivity contribution in [3.63, 3.8) is 0 Å². The molecule has 1 atom stereocenters. The molecule has 0 amide bonds. The molecule has 0 aromatic carbocycles. The molecule has 1 unspecified atom stereocenters. The third-order valence-corrected chi connectivity index (χ3v) is 0.991. The molecule has 50 valence electrons. The number of H-pyrrole nitrogens is 1. The third kappa shape index (κ3) is 1.78. The van der Waals surface area contributed by atoms with Gasteiger partial charge in [0.1, 0.15) is 0 Å². The van der Waals surface area contributed by atoms with Crippen LogP contribution in [0.5, 0.6) is 0 Å². The molecule has 7 heteroatoms. The lowest BCUT2D eigenvalue weighted by Gasteiger charge is -1.89. The van der Waals surface area contributed by atoms with E-state index in [4.69, 9.17) is 4.55 Å². The number of aromatic nitrogens is 3. The van der Waals surface area contributed by atoms with Crippen molar-refractivity contribution in [1.82, 2.24) is 15.4 Å². The Kier molecular flexibility index (Phi) is 1.75. The van der Waals surface area contributed by atoms with Crippen molar-refractivity contribution in [2.45, 2.75) is 0 Å². The predicted molar refractivity (Wildman–Crippen MR) is 30.8 cm³/mol. The Labute approximate surface area is 53.1 Å². The fourth-order valence-corrected chi connectivity index (χ4v) is 0.617. The van der Waals surface area contributed by atoms with Gasteiger partial charge < -0.3 is 0 Å². The average molecular weight is 148 g/mol. The van der Waals surface area contributed by atoms with Gasteiger partial charge in [-0.3, -0.25) is 9.27 Å². The zero-order valence-electron chi connectivity index (χ0n) is 4.24. The number of nitrogens with one attached hydrogen (secondary N) is 2. The van der Waals surface area contributed by atoms with Crippen molar-refractivity contribution in [2.75, 3.05) is 4.72 Å². The van der Waals surface area contributed by atoms with Crippen LogP contribution < -0.4 is 4.72 Å². The minimum Gasteiger partial charge on any atom is -0.289 e. The van der Waals surface area contributed by atoms with E-state index in [9.17, 15) is 4.21 Å². The minimum atomic E-state index is -2.07. The molecule has 9 heavy (non-hydrogen) atoms. The number of hydrogen-bond acceptors (Lipinski definition) is 3. The van der Waals surface area contributed by atoms with E-state index in [0.717, 1.165) is 0 Å². The van der Waals surface area contributed by atoms with Crippen molar-refractivity contribution >= 4 is 17.1 Å². The lowest BCUT2D eigenvalue weighted by molar-refractivity contribution is 0.570. The number of hydrogen-bond donors (Lipinski definition) is 3. The SMILES string of the molecule is O=S(O)Nc1cn[nH]n1. The van der Waals surface area contributed by atoms with E-state index in [-0.39, 0.29) is 5.82 Å². The van der Waals surface area contributed by atoms with E-state index in [1.807, 2.05) is 0 Å². The molecule has 0 saturated carbocycles. The van der Waals surface area contributed by atoms with E-state index in [0.29, 0.717) is 0 Å². The smallest absolute Gasteiger partial charge is 0.260 e. The van der Waals surface area contributed by atoms with E-state index in [2.05, 4.69) is 20.1 Å². The van der Waals surface area contributed by atoms with Crippen molar-refractivity contribution in [3.8, 4) is 0 Å². The molecule has 0 aliphatic carbocycles. The van der Waals surface area contributed by atoms with Crippen molar-refractivity contribution in [1.29, 1.82) is 0 Å². The van der Waals surface area contributed by atoms with E-state index in [1.54, 1.807) is 0 Å². The summed E-state index contributed by atoms with van der Waals surface area (Å²) < 4.78 is 20.3. The molecule has 3 N–H and O–H groups in total. The first kappa shape index (κ1) is 6.17. The molecular formula is C2H4N4O2S. The number of anilines is 1. The zero-order chi connectivity index (χ0) is 6.69. The highest BCUT2D eigenvalue weighted by Crippen LogP contribution is 1.94. The van der Waals surface area contributed by atoms with Gasteiger partial charge >= 0.3 is 0 Å². The Morgan fingerprint density at radius 2 is 2.67 bits per heavy atom. The number of rotatable bonds is 2. The van der Waals surface area contributed by atoms with Gasteiger partial charge in [0.2, 0.25) is 0 Å². The van der Waals surface area contributed by atoms with Gasteiger partial charge in [-0.05, 0) is 0 Å². The van der Waals surface area contributed by atoms with E-state index >= 15 is 0 Å². The van der Waals surface area contributed by atoms with Gasteiger partial charge in [-0.25, -0.2) is 4.21 Å². The summed E-state index contributed by atoms with van der Waals surface area (Å²) in [7, 11) is 0. The fourth-order valence-electron chi connectivity index (χ4n) is 0.340. The molecular weight excluding hydrogens is 144 g/mol. The summed E-state index contributed by atoms with van der Waals surface area (Å²) >= 11 is -2.07. The molecule has 1 rings (SSSR count). The van der Waals surface area contributed by atoms with Crippen LogP contribution in [0.15, 0.2) is 6.20 Å². The van der Waals surface area contributed by atoms with Crippen molar-refractivity contribution < 1.29 is 8.76 Å². The first-order valence-corrected chi connectivity index (χ1v) is 3.13. The lowest BCUT2D eigenvalue weighted by atomic mass is 10.8. The van der Waals surface area contributed by atoms with Gasteiger partial charge in [-0.15, -0.1) is 5.10 Å². The quantitative estimate of drug-likeness (QED) is 0.486. The number of nitrogens with zero attached hydrogens (tertiary/aromatic N) is 2. The van der Waals surface area contributed by atoms with Crippen LogP contribution in [0, 0.1) is 0 Å². The summed E-state index contributed by atoms with van der Waals surface area (Å²) in [5.41, 5.74) is 0.